The number of rotatable bonds is 6. The lowest BCUT2D eigenvalue weighted by Crippen LogP contribution is -2.13. The highest BCUT2D eigenvalue weighted by molar-refractivity contribution is 8.00. The highest BCUT2D eigenvalue weighted by atomic mass is 32.2. The number of hydrogen-bond acceptors (Lipinski definition) is 4. The van der Waals surface area contributed by atoms with E-state index in [2.05, 4.69) is 0 Å². The Labute approximate surface area is 106 Å². The van der Waals surface area contributed by atoms with Crippen LogP contribution in [0.2, 0.25) is 0 Å². The summed E-state index contributed by atoms with van der Waals surface area (Å²) < 4.78 is 23.9. The maximum atomic E-state index is 12.0. The Morgan fingerprint density at radius 3 is 2.76 bits per heavy atom. The van der Waals surface area contributed by atoms with E-state index in [9.17, 15) is 8.42 Å². The van der Waals surface area contributed by atoms with Crippen molar-refractivity contribution in [3.05, 3.63) is 29.8 Å². The van der Waals surface area contributed by atoms with Crippen LogP contribution < -0.4 is 5.73 Å². The minimum Gasteiger partial charge on any atom is -0.384 e. The summed E-state index contributed by atoms with van der Waals surface area (Å²) in [6.07, 6.45) is 0. The van der Waals surface area contributed by atoms with Crippen LogP contribution in [0.15, 0.2) is 29.2 Å². The van der Waals surface area contributed by atoms with E-state index in [4.69, 9.17) is 11.1 Å². The van der Waals surface area contributed by atoms with Crippen molar-refractivity contribution >= 4 is 27.4 Å². The van der Waals surface area contributed by atoms with Crippen LogP contribution >= 0.6 is 11.8 Å². The van der Waals surface area contributed by atoms with E-state index in [0.717, 1.165) is 5.75 Å². The molecule has 0 atom stereocenters. The molecule has 0 aromatic heterocycles. The molecule has 0 amide bonds. The lowest BCUT2D eigenvalue weighted by Gasteiger charge is -2.05. The van der Waals surface area contributed by atoms with E-state index in [1.165, 1.54) is 6.07 Å². The topological polar surface area (TPSA) is 84.0 Å². The average Bonchev–Trinajstić information content (AvgIpc) is 2.29. The predicted molar refractivity (Wildman–Crippen MR) is 72.5 cm³/mol. The summed E-state index contributed by atoms with van der Waals surface area (Å²) in [5, 5.41) is 7.28. The van der Waals surface area contributed by atoms with Crippen molar-refractivity contribution in [2.75, 3.05) is 17.3 Å². The fourth-order valence-electron chi connectivity index (χ4n) is 1.29. The second-order valence-electron chi connectivity index (χ2n) is 3.46. The highest BCUT2D eigenvalue weighted by Gasteiger charge is 2.14. The first-order valence-electron chi connectivity index (χ1n) is 5.22. The van der Waals surface area contributed by atoms with Gasteiger partial charge in [0, 0.05) is 11.3 Å². The summed E-state index contributed by atoms with van der Waals surface area (Å²) in [5.74, 6) is 1.49. The summed E-state index contributed by atoms with van der Waals surface area (Å²) >= 11 is 1.59. The molecule has 0 unspecified atom stereocenters. The van der Waals surface area contributed by atoms with E-state index >= 15 is 0 Å². The van der Waals surface area contributed by atoms with Gasteiger partial charge in [-0.15, -0.1) is 0 Å². The number of nitrogens with two attached hydrogens (primary N) is 1. The molecule has 0 radical (unpaired) electrons. The largest absolute Gasteiger partial charge is 0.384 e. The molecule has 1 rings (SSSR count). The maximum absolute atomic E-state index is 12.0. The van der Waals surface area contributed by atoms with Crippen LogP contribution in [0.5, 0.6) is 0 Å². The Bertz CT molecular complexity index is 498. The van der Waals surface area contributed by atoms with Crippen LogP contribution in [0.1, 0.15) is 12.5 Å². The van der Waals surface area contributed by atoms with Crippen LogP contribution in [-0.2, 0) is 9.84 Å². The van der Waals surface area contributed by atoms with Crippen molar-refractivity contribution in [1.29, 1.82) is 5.41 Å². The van der Waals surface area contributed by atoms with Crippen molar-refractivity contribution in [1.82, 2.24) is 0 Å². The van der Waals surface area contributed by atoms with Gasteiger partial charge in [-0.3, -0.25) is 5.41 Å². The molecule has 0 spiro atoms. The van der Waals surface area contributed by atoms with Gasteiger partial charge >= 0.3 is 0 Å². The number of amidine groups is 1. The zero-order valence-corrected chi connectivity index (χ0v) is 11.3. The van der Waals surface area contributed by atoms with Crippen molar-refractivity contribution in [3.8, 4) is 0 Å². The lowest BCUT2D eigenvalue weighted by atomic mass is 10.2. The molecule has 0 aliphatic rings. The molecule has 94 valence electrons. The minimum absolute atomic E-state index is 0.118. The number of benzene rings is 1. The molecule has 3 N–H and O–H groups in total. The summed E-state index contributed by atoms with van der Waals surface area (Å²) in [6.45, 7) is 1.99. The quantitative estimate of drug-likeness (QED) is 0.467. The number of nitrogens with one attached hydrogen (secondary N) is 1. The van der Waals surface area contributed by atoms with Gasteiger partial charge in [0.15, 0.2) is 9.84 Å². The molecule has 0 heterocycles. The Kier molecular flexibility index (Phi) is 5.02. The Morgan fingerprint density at radius 1 is 1.47 bits per heavy atom. The van der Waals surface area contributed by atoms with Crippen LogP contribution in [-0.4, -0.2) is 31.5 Å². The van der Waals surface area contributed by atoms with E-state index < -0.39 is 9.84 Å². The van der Waals surface area contributed by atoms with Crippen LogP contribution in [0, 0.1) is 5.41 Å². The molecule has 1 aromatic rings. The Morgan fingerprint density at radius 2 is 2.18 bits per heavy atom. The molecule has 0 aliphatic carbocycles. The van der Waals surface area contributed by atoms with Gasteiger partial charge in [-0.2, -0.15) is 11.8 Å². The van der Waals surface area contributed by atoms with Crippen molar-refractivity contribution in [2.45, 2.75) is 11.8 Å². The molecule has 0 fully saturated rings. The first-order chi connectivity index (χ1) is 7.97. The zero-order valence-electron chi connectivity index (χ0n) is 9.64. The van der Waals surface area contributed by atoms with Gasteiger partial charge in [0.25, 0.3) is 0 Å². The third-order valence-corrected chi connectivity index (χ3v) is 5.08. The second kappa shape index (κ2) is 6.07. The van der Waals surface area contributed by atoms with E-state index in [1.807, 2.05) is 6.92 Å². The predicted octanol–water partition coefficient (Wildman–Crippen LogP) is 1.50. The summed E-state index contributed by atoms with van der Waals surface area (Å²) in [6, 6.07) is 6.23. The molecule has 4 nitrogen and oxygen atoms in total. The van der Waals surface area contributed by atoms with Crippen LogP contribution in [0.25, 0.3) is 0 Å². The molecule has 0 aliphatic heterocycles. The summed E-state index contributed by atoms with van der Waals surface area (Å²) in [7, 11) is -3.26. The van der Waals surface area contributed by atoms with Gasteiger partial charge in [-0.05, 0) is 17.9 Å². The fourth-order valence-corrected chi connectivity index (χ4v) is 3.75. The second-order valence-corrected chi connectivity index (χ2v) is 6.96. The van der Waals surface area contributed by atoms with E-state index in [0.29, 0.717) is 11.3 Å². The molecule has 0 saturated carbocycles. The van der Waals surface area contributed by atoms with E-state index in [1.54, 1.807) is 30.0 Å². The first-order valence-corrected chi connectivity index (χ1v) is 8.03. The molecular weight excluding hydrogens is 256 g/mol. The molecule has 0 saturated heterocycles. The van der Waals surface area contributed by atoms with Gasteiger partial charge in [0.05, 0.1) is 10.6 Å². The third kappa shape index (κ3) is 4.05. The smallest absolute Gasteiger partial charge is 0.179 e. The summed E-state index contributed by atoms with van der Waals surface area (Å²) in [5.41, 5.74) is 5.77. The third-order valence-electron chi connectivity index (χ3n) is 2.20. The van der Waals surface area contributed by atoms with Crippen LogP contribution in [0.3, 0.4) is 0 Å². The molecule has 1 aromatic carbocycles. The Balaban J connectivity index is 2.91. The minimum atomic E-state index is -3.26. The van der Waals surface area contributed by atoms with E-state index in [-0.39, 0.29) is 16.5 Å². The number of sulfone groups is 1. The Hall–Kier alpha value is -1.01. The number of nitrogen functional groups attached to an aromatic ring is 1. The van der Waals surface area contributed by atoms with Crippen molar-refractivity contribution in [3.63, 3.8) is 0 Å². The van der Waals surface area contributed by atoms with Crippen molar-refractivity contribution < 1.29 is 8.42 Å². The van der Waals surface area contributed by atoms with Gasteiger partial charge in [-0.1, -0.05) is 19.1 Å². The van der Waals surface area contributed by atoms with Gasteiger partial charge < -0.3 is 5.73 Å². The van der Waals surface area contributed by atoms with Crippen LogP contribution in [0.4, 0.5) is 0 Å². The molecule has 17 heavy (non-hydrogen) atoms. The fraction of sp³-hybridized carbons (Fsp3) is 0.364. The number of thioether (sulfide) groups is 1. The highest BCUT2D eigenvalue weighted by Crippen LogP contribution is 2.14. The maximum Gasteiger partial charge on any atom is 0.179 e. The number of hydrogen-bond donors (Lipinski definition) is 2. The summed E-state index contributed by atoms with van der Waals surface area (Å²) in [4.78, 5) is 0.238. The molecule has 6 heteroatoms. The zero-order chi connectivity index (χ0) is 12.9. The first kappa shape index (κ1) is 14.1. The SMILES string of the molecule is CCSCCS(=O)(=O)c1cccc(C(=N)N)c1. The normalized spacial score (nSPS) is 11.4. The monoisotopic (exact) mass is 272 g/mol. The van der Waals surface area contributed by atoms with Crippen molar-refractivity contribution in [2.24, 2.45) is 5.73 Å². The molecular formula is C11H16N2O2S2. The van der Waals surface area contributed by atoms with Gasteiger partial charge in [0.1, 0.15) is 5.84 Å². The molecule has 0 bridgehead atoms. The standard InChI is InChI=1S/C11H16N2O2S2/c1-2-16-6-7-17(14,15)10-5-3-4-9(8-10)11(12)13/h3-5,8H,2,6-7H2,1H3,(H3,12,13). The van der Waals surface area contributed by atoms with Gasteiger partial charge in [-0.25, -0.2) is 8.42 Å². The average molecular weight is 272 g/mol. The lowest BCUT2D eigenvalue weighted by molar-refractivity contribution is 0.597. The van der Waals surface area contributed by atoms with Gasteiger partial charge in [0.2, 0.25) is 0 Å².